The van der Waals surface area contributed by atoms with Crippen molar-refractivity contribution < 1.29 is 37.3 Å². The molecule has 9 heteroatoms. The van der Waals surface area contributed by atoms with E-state index in [1.165, 1.54) is 89.9 Å². The van der Waals surface area contributed by atoms with Crippen LogP contribution >= 0.6 is 7.82 Å². The fraction of sp³-hybridized carbons (Fsp3) is 0.729. The molecule has 1 N–H and O–H groups in total. The van der Waals surface area contributed by atoms with Crippen molar-refractivity contribution in [3.05, 3.63) is 72.9 Å². The number of allylic oxidation sites excluding steroid dienone is 12. The summed E-state index contributed by atoms with van der Waals surface area (Å²) in [6.07, 6.45) is 52.4. The number of nitrogens with zero attached hydrogens (tertiary/aromatic N) is 1. The molecule has 1 unspecified atom stereocenters. The summed E-state index contributed by atoms with van der Waals surface area (Å²) in [7, 11) is 1.62. The first-order valence-corrected chi connectivity index (χ1v) is 24.2. The number of unbranched alkanes of at least 4 members (excludes halogenated alkanes) is 15. The predicted molar refractivity (Wildman–Crippen MR) is 242 cm³/mol. The van der Waals surface area contributed by atoms with Crippen molar-refractivity contribution in [2.45, 2.75) is 174 Å². The molecule has 330 valence electrons. The average molecular weight is 821 g/mol. The van der Waals surface area contributed by atoms with E-state index in [4.69, 9.17) is 18.5 Å². The van der Waals surface area contributed by atoms with Crippen molar-refractivity contribution in [1.82, 2.24) is 0 Å². The van der Waals surface area contributed by atoms with E-state index in [9.17, 15) is 14.3 Å². The van der Waals surface area contributed by atoms with E-state index in [1.807, 2.05) is 33.3 Å². The molecular weight excluding hydrogens is 734 g/mol. The summed E-state index contributed by atoms with van der Waals surface area (Å²) in [5.41, 5.74) is 0. The number of esters is 1. The Kier molecular flexibility index (Phi) is 39.2. The van der Waals surface area contributed by atoms with Crippen LogP contribution in [0.25, 0.3) is 0 Å². The second-order valence-electron chi connectivity index (χ2n) is 16.1. The summed E-state index contributed by atoms with van der Waals surface area (Å²) in [6, 6.07) is 0. The highest BCUT2D eigenvalue weighted by Crippen LogP contribution is 2.43. The molecule has 0 aliphatic rings. The SMILES string of the molecule is CC/C=C\C/C=C\C/C=C\C/C=C\C/C=C\C/C=C\CCC(=O)O[C@@H](COCCCCCCCCCCCCCCCCCC)COP(=O)(O)OCC[N+](C)(C)C. The highest BCUT2D eigenvalue weighted by molar-refractivity contribution is 7.47. The van der Waals surface area contributed by atoms with E-state index in [1.54, 1.807) is 0 Å². The van der Waals surface area contributed by atoms with Gasteiger partial charge in [-0.2, -0.15) is 0 Å². The van der Waals surface area contributed by atoms with Gasteiger partial charge in [0.2, 0.25) is 0 Å². The molecular formula is C48H87NO7P+. The maximum atomic E-state index is 12.7. The third-order valence-corrected chi connectivity index (χ3v) is 10.3. The summed E-state index contributed by atoms with van der Waals surface area (Å²) in [5, 5.41) is 0. The molecule has 0 aliphatic carbocycles. The predicted octanol–water partition coefficient (Wildman–Crippen LogP) is 13.5. The van der Waals surface area contributed by atoms with Crippen LogP contribution in [0.5, 0.6) is 0 Å². The molecule has 0 saturated heterocycles. The molecule has 2 atom stereocenters. The van der Waals surface area contributed by atoms with Gasteiger partial charge in [0.15, 0.2) is 0 Å². The number of phosphoric acid groups is 1. The van der Waals surface area contributed by atoms with Crippen molar-refractivity contribution in [3.8, 4) is 0 Å². The van der Waals surface area contributed by atoms with Crippen molar-refractivity contribution in [2.75, 3.05) is 54.1 Å². The lowest BCUT2D eigenvalue weighted by atomic mass is 10.0. The van der Waals surface area contributed by atoms with Crippen LogP contribution in [0, 0.1) is 0 Å². The Hall–Kier alpha value is -2.06. The Balaban J connectivity index is 4.36. The molecule has 0 spiro atoms. The van der Waals surface area contributed by atoms with Crippen LogP contribution in [-0.2, 0) is 27.9 Å². The van der Waals surface area contributed by atoms with Gasteiger partial charge in [-0.1, -0.05) is 183 Å². The highest BCUT2D eigenvalue weighted by atomic mass is 31.2. The summed E-state index contributed by atoms with van der Waals surface area (Å²) in [4.78, 5) is 22.9. The van der Waals surface area contributed by atoms with Gasteiger partial charge in [0.25, 0.3) is 0 Å². The fourth-order valence-corrected chi connectivity index (χ4v) is 6.55. The molecule has 0 heterocycles. The molecule has 0 aromatic rings. The number of carbonyl (C=O) groups is 1. The first-order valence-electron chi connectivity index (χ1n) is 22.7. The van der Waals surface area contributed by atoms with Crippen LogP contribution in [-0.4, -0.2) is 75.6 Å². The number of rotatable bonds is 41. The molecule has 0 radical (unpaired) electrons. The topological polar surface area (TPSA) is 91.3 Å². The van der Waals surface area contributed by atoms with Crippen LogP contribution in [0.3, 0.4) is 0 Å². The minimum absolute atomic E-state index is 0.0729. The molecule has 8 nitrogen and oxygen atoms in total. The maximum absolute atomic E-state index is 12.7. The Morgan fingerprint density at radius 1 is 0.561 bits per heavy atom. The van der Waals surface area contributed by atoms with E-state index in [-0.39, 0.29) is 26.2 Å². The molecule has 0 aliphatic heterocycles. The van der Waals surface area contributed by atoms with Crippen LogP contribution in [0.2, 0.25) is 0 Å². The van der Waals surface area contributed by atoms with Gasteiger partial charge in [-0.25, -0.2) is 4.57 Å². The van der Waals surface area contributed by atoms with Gasteiger partial charge in [-0.3, -0.25) is 13.8 Å². The Bertz CT molecular complexity index is 1140. The lowest BCUT2D eigenvalue weighted by Crippen LogP contribution is -2.37. The number of hydrogen-bond acceptors (Lipinski definition) is 6. The normalized spacial score (nSPS) is 14.4. The van der Waals surface area contributed by atoms with Gasteiger partial charge >= 0.3 is 13.8 Å². The van der Waals surface area contributed by atoms with Crippen molar-refractivity contribution >= 4 is 13.8 Å². The van der Waals surface area contributed by atoms with Crippen LogP contribution < -0.4 is 0 Å². The van der Waals surface area contributed by atoms with Gasteiger partial charge < -0.3 is 18.9 Å². The molecule has 0 bridgehead atoms. The van der Waals surface area contributed by atoms with E-state index >= 15 is 0 Å². The van der Waals surface area contributed by atoms with E-state index in [0.29, 0.717) is 24.1 Å². The molecule has 0 amide bonds. The number of likely N-dealkylation sites (N-methyl/N-ethyl adjacent to an activating group) is 1. The lowest BCUT2D eigenvalue weighted by Gasteiger charge is -2.24. The zero-order valence-corrected chi connectivity index (χ0v) is 38.2. The smallest absolute Gasteiger partial charge is 0.457 e. The quantitative estimate of drug-likeness (QED) is 0.0216. The zero-order chi connectivity index (χ0) is 42.0. The lowest BCUT2D eigenvalue weighted by molar-refractivity contribution is -0.870. The average Bonchev–Trinajstić information content (AvgIpc) is 3.16. The first kappa shape index (κ1) is 54.9. The first-order chi connectivity index (χ1) is 27.6. The standard InChI is InChI=1S/C48H86NO7P/c1-6-8-10-12-14-16-18-20-22-24-25-26-27-29-31-33-35-37-39-41-48(50)56-47(46-55-57(51,52)54-44-42-49(3,4)5)45-53-43-40-38-36-34-32-30-28-23-21-19-17-15-13-11-9-7-2/h8,10,14,16,20,22,25-26,29,31,35,37,47H,6-7,9,11-13,15,17-19,21,23-24,27-28,30,32-34,36,38-46H2,1-5H3/p+1/b10-8-,16-14-,22-20-,26-25-,31-29-,37-35-/t47-/m0/s1. The maximum Gasteiger partial charge on any atom is 0.472 e. The molecule has 57 heavy (non-hydrogen) atoms. The summed E-state index contributed by atoms with van der Waals surface area (Å²) < 4.78 is 34.9. The van der Waals surface area contributed by atoms with Gasteiger partial charge in [0.05, 0.1) is 34.4 Å². The van der Waals surface area contributed by atoms with Crippen LogP contribution in [0.1, 0.15) is 168 Å². The number of ether oxygens (including phenoxy) is 2. The summed E-state index contributed by atoms with van der Waals surface area (Å²) in [5.74, 6) is -0.395. The van der Waals surface area contributed by atoms with Crippen molar-refractivity contribution in [3.63, 3.8) is 0 Å². The van der Waals surface area contributed by atoms with Crippen LogP contribution in [0.15, 0.2) is 72.9 Å². The molecule has 0 fully saturated rings. The fourth-order valence-electron chi connectivity index (χ4n) is 5.81. The Morgan fingerprint density at radius 2 is 0.982 bits per heavy atom. The van der Waals surface area contributed by atoms with E-state index < -0.39 is 19.9 Å². The monoisotopic (exact) mass is 821 g/mol. The summed E-state index contributed by atoms with van der Waals surface area (Å²) in [6.45, 7) is 5.41. The Labute approximate surface area is 351 Å². The van der Waals surface area contributed by atoms with Crippen molar-refractivity contribution in [1.29, 1.82) is 0 Å². The third-order valence-electron chi connectivity index (χ3n) is 9.30. The molecule has 0 saturated carbocycles. The van der Waals surface area contributed by atoms with Gasteiger partial charge in [-0.05, 0) is 51.4 Å². The van der Waals surface area contributed by atoms with Gasteiger partial charge in [-0.15, -0.1) is 0 Å². The Morgan fingerprint density at radius 3 is 1.42 bits per heavy atom. The minimum Gasteiger partial charge on any atom is -0.457 e. The molecule has 0 aromatic carbocycles. The highest BCUT2D eigenvalue weighted by Gasteiger charge is 2.26. The van der Waals surface area contributed by atoms with Gasteiger partial charge in [0.1, 0.15) is 19.3 Å². The summed E-state index contributed by atoms with van der Waals surface area (Å²) >= 11 is 0. The largest absolute Gasteiger partial charge is 0.472 e. The molecule has 0 rings (SSSR count). The second kappa shape index (κ2) is 40.7. The van der Waals surface area contributed by atoms with Gasteiger partial charge in [0, 0.05) is 13.0 Å². The third kappa shape index (κ3) is 44.9. The molecule has 0 aromatic heterocycles. The second-order valence-corrected chi connectivity index (χ2v) is 17.5. The van der Waals surface area contributed by atoms with Crippen molar-refractivity contribution in [2.24, 2.45) is 0 Å². The number of carbonyl (C=O) groups excluding carboxylic acids is 1. The van der Waals surface area contributed by atoms with E-state index in [2.05, 4.69) is 74.6 Å². The number of hydrogen-bond donors (Lipinski definition) is 1. The number of quaternary nitrogens is 1. The van der Waals surface area contributed by atoms with E-state index in [0.717, 1.165) is 51.4 Å². The van der Waals surface area contributed by atoms with Crippen LogP contribution in [0.4, 0.5) is 0 Å². The zero-order valence-electron chi connectivity index (χ0n) is 37.3. The minimum atomic E-state index is -4.30. The number of phosphoric ester groups is 1.